The Kier molecular flexibility index (Phi) is 4.93. The van der Waals surface area contributed by atoms with E-state index in [1.165, 1.54) is 0 Å². The molecule has 2 aliphatic rings. The predicted octanol–water partition coefficient (Wildman–Crippen LogP) is 2.88. The van der Waals surface area contributed by atoms with Crippen LogP contribution in [0.15, 0.2) is 41.8 Å². The molecule has 1 atom stereocenters. The molecule has 1 fully saturated rings. The topological polar surface area (TPSA) is 69.7 Å². The molecule has 2 heterocycles. The lowest BCUT2D eigenvalue weighted by molar-refractivity contribution is -0.139. The van der Waals surface area contributed by atoms with Gasteiger partial charge in [-0.3, -0.25) is 14.5 Å². The van der Waals surface area contributed by atoms with Crippen LogP contribution in [-0.4, -0.2) is 40.7 Å². The zero-order chi connectivity index (χ0) is 19.7. The fraction of sp³-hybridized carbons (Fsp3) is 0.381. The summed E-state index contributed by atoms with van der Waals surface area (Å²) in [6.45, 7) is 2.64. The van der Waals surface area contributed by atoms with Gasteiger partial charge in [-0.1, -0.05) is 30.3 Å². The highest BCUT2D eigenvalue weighted by Crippen LogP contribution is 2.42. The number of carbonyl (C=O) groups is 3. The number of imide groups is 1. The van der Waals surface area contributed by atoms with Gasteiger partial charge in [0.15, 0.2) is 0 Å². The quantitative estimate of drug-likeness (QED) is 0.789. The molecule has 1 saturated heterocycles. The van der Waals surface area contributed by atoms with Crippen LogP contribution in [0, 0.1) is 0 Å². The Morgan fingerprint density at radius 3 is 2.79 bits per heavy atom. The van der Waals surface area contributed by atoms with E-state index in [9.17, 15) is 14.4 Å². The van der Waals surface area contributed by atoms with Gasteiger partial charge in [0, 0.05) is 23.5 Å². The summed E-state index contributed by atoms with van der Waals surface area (Å²) in [6, 6.07) is 11.1. The predicted molar refractivity (Wildman–Crippen MR) is 107 cm³/mol. The monoisotopic (exact) mass is 397 g/mol. The van der Waals surface area contributed by atoms with Gasteiger partial charge in [0.05, 0.1) is 0 Å². The van der Waals surface area contributed by atoms with Crippen LogP contribution in [0.5, 0.6) is 0 Å². The zero-order valence-electron chi connectivity index (χ0n) is 15.8. The molecule has 4 rings (SSSR count). The Bertz CT molecular complexity index is 911. The Hall–Kier alpha value is -2.67. The third-order valence-corrected chi connectivity index (χ3v) is 6.56. The van der Waals surface area contributed by atoms with E-state index in [1.807, 2.05) is 48.7 Å². The number of fused-ring (bicyclic) bond motifs is 2. The van der Waals surface area contributed by atoms with Crippen molar-refractivity contribution < 1.29 is 14.4 Å². The molecule has 6 nitrogen and oxygen atoms in total. The molecule has 1 aliphatic carbocycles. The molecule has 7 heteroatoms. The average Bonchev–Trinajstić information content (AvgIpc) is 3.27. The van der Waals surface area contributed by atoms with E-state index in [0.29, 0.717) is 19.5 Å². The summed E-state index contributed by atoms with van der Waals surface area (Å²) in [5.74, 6) is -0.533. The maximum atomic E-state index is 13.2. The highest BCUT2D eigenvalue weighted by atomic mass is 32.1. The molecule has 0 bridgehead atoms. The van der Waals surface area contributed by atoms with Gasteiger partial charge in [-0.2, -0.15) is 0 Å². The summed E-state index contributed by atoms with van der Waals surface area (Å²) in [6.07, 6.45) is 2.35. The number of rotatable bonds is 5. The third kappa shape index (κ3) is 3.09. The van der Waals surface area contributed by atoms with Crippen molar-refractivity contribution in [3.8, 4) is 0 Å². The van der Waals surface area contributed by atoms with Crippen LogP contribution in [0.1, 0.15) is 35.8 Å². The van der Waals surface area contributed by atoms with Crippen LogP contribution in [0.4, 0.5) is 4.79 Å². The van der Waals surface area contributed by atoms with Gasteiger partial charge >= 0.3 is 6.03 Å². The van der Waals surface area contributed by atoms with Crippen LogP contribution in [0.3, 0.4) is 0 Å². The second-order valence-corrected chi connectivity index (χ2v) is 8.23. The molecular formula is C21H23N3O3S. The lowest BCUT2D eigenvalue weighted by Crippen LogP contribution is -2.47. The Balaban J connectivity index is 1.52. The highest BCUT2D eigenvalue weighted by Gasteiger charge is 2.54. The molecule has 0 radical (unpaired) electrons. The maximum Gasteiger partial charge on any atom is 0.325 e. The van der Waals surface area contributed by atoms with Gasteiger partial charge in [0.1, 0.15) is 12.1 Å². The van der Waals surface area contributed by atoms with Crippen LogP contribution in [-0.2, 0) is 28.1 Å². The summed E-state index contributed by atoms with van der Waals surface area (Å²) in [7, 11) is 0. The molecule has 1 aromatic carbocycles. The number of amides is 4. The molecule has 1 spiro atoms. The van der Waals surface area contributed by atoms with E-state index in [-0.39, 0.29) is 18.4 Å². The van der Waals surface area contributed by atoms with Crippen molar-refractivity contribution in [1.82, 2.24) is 15.1 Å². The normalized spacial score (nSPS) is 21.0. The van der Waals surface area contributed by atoms with Crippen LogP contribution in [0.25, 0.3) is 0 Å². The first kappa shape index (κ1) is 18.7. The minimum Gasteiger partial charge on any atom is -0.337 e. The van der Waals surface area contributed by atoms with Gasteiger partial charge in [0.2, 0.25) is 5.91 Å². The number of carbonyl (C=O) groups excluding carboxylic acids is 3. The minimum absolute atomic E-state index is 0.228. The zero-order valence-corrected chi connectivity index (χ0v) is 16.6. The second-order valence-electron chi connectivity index (χ2n) is 7.23. The molecule has 0 saturated carbocycles. The SMILES string of the molecule is CCN(Cc1ccccc1)C(=O)CN1C(=O)N[C@@]2(CCCc3sccc32)C1=O. The first-order chi connectivity index (χ1) is 13.5. The maximum absolute atomic E-state index is 13.2. The summed E-state index contributed by atoms with van der Waals surface area (Å²) < 4.78 is 0. The van der Waals surface area contributed by atoms with Crippen molar-refractivity contribution in [3.05, 3.63) is 57.8 Å². The van der Waals surface area contributed by atoms with E-state index in [0.717, 1.165) is 33.7 Å². The number of thiophene rings is 1. The number of nitrogens with one attached hydrogen (secondary N) is 1. The van der Waals surface area contributed by atoms with E-state index in [1.54, 1.807) is 16.2 Å². The van der Waals surface area contributed by atoms with Gasteiger partial charge < -0.3 is 10.2 Å². The van der Waals surface area contributed by atoms with E-state index in [2.05, 4.69) is 5.32 Å². The Morgan fingerprint density at radius 2 is 2.04 bits per heavy atom. The van der Waals surface area contributed by atoms with Gasteiger partial charge in [0.25, 0.3) is 5.91 Å². The van der Waals surface area contributed by atoms with Crippen LogP contribution in [0.2, 0.25) is 0 Å². The minimum atomic E-state index is -0.999. The second kappa shape index (κ2) is 7.39. The van der Waals surface area contributed by atoms with E-state index < -0.39 is 11.6 Å². The van der Waals surface area contributed by atoms with Crippen LogP contribution >= 0.6 is 11.3 Å². The number of hydrogen-bond acceptors (Lipinski definition) is 4. The fourth-order valence-electron chi connectivity index (χ4n) is 4.10. The number of hydrogen-bond donors (Lipinski definition) is 1. The standard InChI is InChI=1S/C21H23N3O3S/c1-2-23(13-15-7-4-3-5-8-15)18(25)14-24-19(26)21(22-20(24)27)11-6-9-17-16(21)10-12-28-17/h3-5,7-8,10,12H,2,6,9,11,13-14H2,1H3,(H,22,27)/t21-/m1/s1. The lowest BCUT2D eigenvalue weighted by Gasteiger charge is -2.31. The van der Waals surface area contributed by atoms with Gasteiger partial charge in [-0.05, 0) is 43.2 Å². The molecule has 146 valence electrons. The number of nitrogens with zero attached hydrogens (tertiary/aromatic N) is 2. The van der Waals surface area contributed by atoms with E-state index >= 15 is 0 Å². The third-order valence-electron chi connectivity index (χ3n) is 5.58. The molecular weight excluding hydrogens is 374 g/mol. The van der Waals surface area contributed by atoms with E-state index in [4.69, 9.17) is 0 Å². The van der Waals surface area contributed by atoms with Crippen molar-refractivity contribution in [1.29, 1.82) is 0 Å². The Labute approximate surface area is 168 Å². The lowest BCUT2D eigenvalue weighted by atomic mass is 9.80. The van der Waals surface area contributed by atoms with Crippen molar-refractivity contribution in [2.75, 3.05) is 13.1 Å². The van der Waals surface area contributed by atoms with Crippen LogP contribution < -0.4 is 5.32 Å². The van der Waals surface area contributed by atoms with Crippen molar-refractivity contribution in [2.24, 2.45) is 0 Å². The molecule has 1 N–H and O–H groups in total. The van der Waals surface area contributed by atoms with Gasteiger partial charge in [-0.15, -0.1) is 11.3 Å². The van der Waals surface area contributed by atoms with Crippen molar-refractivity contribution in [2.45, 2.75) is 38.3 Å². The fourth-order valence-corrected chi connectivity index (χ4v) is 5.10. The summed E-state index contributed by atoms with van der Waals surface area (Å²) in [5.41, 5.74) is 0.914. The van der Waals surface area contributed by atoms with Crippen molar-refractivity contribution >= 4 is 29.2 Å². The molecule has 4 amide bonds. The summed E-state index contributed by atoms with van der Waals surface area (Å²) in [5, 5.41) is 4.86. The smallest absolute Gasteiger partial charge is 0.325 e. The number of likely N-dealkylation sites (N-methyl/N-ethyl adjacent to an activating group) is 1. The number of aryl methyl sites for hydroxylation is 1. The summed E-state index contributed by atoms with van der Waals surface area (Å²) >= 11 is 1.62. The number of benzene rings is 1. The number of urea groups is 1. The average molecular weight is 398 g/mol. The molecule has 1 aromatic heterocycles. The summed E-state index contributed by atoms with van der Waals surface area (Å²) in [4.78, 5) is 42.6. The largest absolute Gasteiger partial charge is 0.337 e. The molecule has 28 heavy (non-hydrogen) atoms. The first-order valence-electron chi connectivity index (χ1n) is 9.58. The first-order valence-corrected chi connectivity index (χ1v) is 10.5. The molecule has 1 aliphatic heterocycles. The van der Waals surface area contributed by atoms with Gasteiger partial charge in [-0.25, -0.2) is 4.79 Å². The molecule has 0 unspecified atom stereocenters. The molecule has 2 aromatic rings. The Morgan fingerprint density at radius 1 is 1.25 bits per heavy atom. The highest BCUT2D eigenvalue weighted by molar-refractivity contribution is 7.10. The van der Waals surface area contributed by atoms with Crippen molar-refractivity contribution in [3.63, 3.8) is 0 Å².